The first-order valence-corrected chi connectivity index (χ1v) is 7.16. The summed E-state index contributed by atoms with van der Waals surface area (Å²) >= 11 is 0. The molecule has 0 saturated heterocycles. The van der Waals surface area contributed by atoms with Crippen LogP contribution in [0, 0.1) is 6.92 Å². The zero-order valence-electron chi connectivity index (χ0n) is 11.9. The van der Waals surface area contributed by atoms with E-state index in [4.69, 9.17) is 0 Å². The molecule has 4 rings (SSSR count). The number of benzene rings is 2. The first kappa shape index (κ1) is 12.4. The van der Waals surface area contributed by atoms with Crippen LogP contribution in [0.5, 0.6) is 0 Å². The van der Waals surface area contributed by atoms with Crippen molar-refractivity contribution in [3.05, 3.63) is 54.4 Å². The number of fused-ring (bicyclic) bond motifs is 4. The van der Waals surface area contributed by atoms with Gasteiger partial charge in [-0.25, -0.2) is 0 Å². The Hall–Kier alpha value is -2.39. The molecule has 0 unspecified atom stereocenters. The fraction of sp³-hybridized carbons (Fsp3) is 0.167. The van der Waals surface area contributed by atoms with Gasteiger partial charge in [-0.15, -0.1) is 0 Å². The summed E-state index contributed by atoms with van der Waals surface area (Å²) < 4.78 is 2.22. The van der Waals surface area contributed by atoms with E-state index in [-0.39, 0.29) is 6.61 Å². The number of pyridine rings is 1. The van der Waals surface area contributed by atoms with E-state index in [1.165, 1.54) is 32.8 Å². The minimum absolute atomic E-state index is 0.140. The van der Waals surface area contributed by atoms with Crippen molar-refractivity contribution in [1.82, 2.24) is 9.55 Å². The Kier molecular flexibility index (Phi) is 2.69. The second kappa shape index (κ2) is 4.57. The van der Waals surface area contributed by atoms with Crippen molar-refractivity contribution in [2.24, 2.45) is 0 Å². The zero-order chi connectivity index (χ0) is 14.4. The molecule has 4 aromatic rings. The minimum atomic E-state index is 0.140. The molecule has 0 aliphatic rings. The van der Waals surface area contributed by atoms with Crippen LogP contribution in [-0.4, -0.2) is 21.3 Å². The largest absolute Gasteiger partial charge is 0.395 e. The lowest BCUT2D eigenvalue weighted by Gasteiger charge is -2.09. The average molecular weight is 276 g/mol. The van der Waals surface area contributed by atoms with Crippen LogP contribution in [0.2, 0.25) is 0 Å². The fourth-order valence-electron chi connectivity index (χ4n) is 3.36. The second-order valence-corrected chi connectivity index (χ2v) is 5.39. The molecule has 104 valence electrons. The zero-order valence-corrected chi connectivity index (χ0v) is 11.9. The molecule has 0 saturated carbocycles. The van der Waals surface area contributed by atoms with E-state index in [1.54, 1.807) is 0 Å². The number of aromatic nitrogens is 2. The lowest BCUT2D eigenvalue weighted by molar-refractivity contribution is 0.280. The molecule has 21 heavy (non-hydrogen) atoms. The first-order valence-electron chi connectivity index (χ1n) is 7.16. The lowest BCUT2D eigenvalue weighted by Crippen LogP contribution is -2.02. The third-order valence-electron chi connectivity index (χ3n) is 4.24. The molecule has 0 fully saturated rings. The monoisotopic (exact) mass is 276 g/mol. The van der Waals surface area contributed by atoms with E-state index < -0.39 is 0 Å². The molecule has 0 aliphatic carbocycles. The van der Waals surface area contributed by atoms with Crippen LogP contribution in [0.1, 0.15) is 5.56 Å². The molecule has 1 N–H and O–H groups in total. The van der Waals surface area contributed by atoms with E-state index in [0.29, 0.717) is 6.54 Å². The standard InChI is InChI=1S/C18H16N2O/c1-12-14-6-7-19-11-13(14)10-16-15-4-2-3-5-17(15)20(8-9-21)18(12)16/h2-7,10-11,21H,8-9H2,1H3. The maximum atomic E-state index is 9.43. The molecule has 0 aliphatic heterocycles. The number of rotatable bonds is 2. The van der Waals surface area contributed by atoms with Gasteiger partial charge in [0.25, 0.3) is 0 Å². The quantitative estimate of drug-likeness (QED) is 0.607. The molecule has 0 spiro atoms. The highest BCUT2D eigenvalue weighted by Crippen LogP contribution is 2.35. The number of aliphatic hydroxyl groups is 1. The van der Waals surface area contributed by atoms with Gasteiger partial charge in [0.1, 0.15) is 0 Å². The lowest BCUT2D eigenvalue weighted by atomic mass is 10.0. The van der Waals surface area contributed by atoms with Crippen molar-refractivity contribution in [3.8, 4) is 0 Å². The van der Waals surface area contributed by atoms with E-state index >= 15 is 0 Å². The number of hydrogen-bond acceptors (Lipinski definition) is 2. The average Bonchev–Trinajstić information content (AvgIpc) is 2.83. The molecule has 3 heteroatoms. The Morgan fingerprint density at radius 2 is 1.95 bits per heavy atom. The highest BCUT2D eigenvalue weighted by Gasteiger charge is 2.14. The van der Waals surface area contributed by atoms with Gasteiger partial charge in [-0.2, -0.15) is 0 Å². The number of para-hydroxylation sites is 1. The predicted molar refractivity (Wildman–Crippen MR) is 86.6 cm³/mol. The van der Waals surface area contributed by atoms with Crippen molar-refractivity contribution < 1.29 is 5.11 Å². The summed E-state index contributed by atoms with van der Waals surface area (Å²) in [6, 6.07) is 12.6. The molecule has 0 radical (unpaired) electrons. The highest BCUT2D eigenvalue weighted by atomic mass is 16.3. The molecule has 0 bridgehead atoms. The van der Waals surface area contributed by atoms with Crippen molar-refractivity contribution in [2.75, 3.05) is 6.61 Å². The van der Waals surface area contributed by atoms with Gasteiger partial charge in [-0.05, 0) is 36.1 Å². The van der Waals surface area contributed by atoms with Gasteiger partial charge in [0.2, 0.25) is 0 Å². The van der Waals surface area contributed by atoms with Crippen LogP contribution >= 0.6 is 0 Å². The summed E-state index contributed by atoms with van der Waals surface area (Å²) in [5.74, 6) is 0. The topological polar surface area (TPSA) is 38.0 Å². The number of hydrogen-bond donors (Lipinski definition) is 1. The number of nitrogens with zero attached hydrogens (tertiary/aromatic N) is 2. The third-order valence-corrected chi connectivity index (χ3v) is 4.24. The summed E-state index contributed by atoms with van der Waals surface area (Å²) in [4.78, 5) is 4.24. The van der Waals surface area contributed by atoms with Crippen LogP contribution in [0.25, 0.3) is 32.6 Å². The Labute approximate surface area is 122 Å². The third kappa shape index (κ3) is 1.68. The molecule has 0 amide bonds. The number of aryl methyl sites for hydroxylation is 1. The fourth-order valence-corrected chi connectivity index (χ4v) is 3.36. The summed E-state index contributed by atoms with van der Waals surface area (Å²) in [5.41, 5.74) is 3.63. The van der Waals surface area contributed by atoms with Crippen molar-refractivity contribution >= 4 is 32.6 Å². The van der Waals surface area contributed by atoms with Crippen molar-refractivity contribution in [3.63, 3.8) is 0 Å². The van der Waals surface area contributed by atoms with Crippen molar-refractivity contribution in [2.45, 2.75) is 13.5 Å². The molecule has 3 nitrogen and oxygen atoms in total. The smallest absolute Gasteiger partial charge is 0.0610 e. The summed E-state index contributed by atoms with van der Waals surface area (Å²) in [5, 5.41) is 14.3. The number of aliphatic hydroxyl groups excluding tert-OH is 1. The maximum absolute atomic E-state index is 9.43. The van der Waals surface area contributed by atoms with E-state index in [2.05, 4.69) is 46.8 Å². The Morgan fingerprint density at radius 3 is 2.81 bits per heavy atom. The van der Waals surface area contributed by atoms with Crippen LogP contribution in [0.4, 0.5) is 0 Å². The Bertz CT molecular complexity index is 969. The van der Waals surface area contributed by atoms with Gasteiger partial charge in [-0.3, -0.25) is 4.98 Å². The van der Waals surface area contributed by atoms with E-state index in [1.807, 2.05) is 18.5 Å². The van der Waals surface area contributed by atoms with Crippen LogP contribution in [-0.2, 0) is 6.54 Å². The second-order valence-electron chi connectivity index (χ2n) is 5.39. The maximum Gasteiger partial charge on any atom is 0.0610 e. The van der Waals surface area contributed by atoms with Gasteiger partial charge in [0, 0.05) is 40.6 Å². The van der Waals surface area contributed by atoms with Gasteiger partial charge in [0.05, 0.1) is 12.1 Å². The molecule has 2 heterocycles. The van der Waals surface area contributed by atoms with Crippen LogP contribution in [0.3, 0.4) is 0 Å². The SMILES string of the molecule is Cc1c2ccncc2cc2c3ccccc3n(CCO)c12. The highest BCUT2D eigenvalue weighted by molar-refractivity contribution is 6.14. The normalized spacial score (nSPS) is 11.7. The van der Waals surface area contributed by atoms with Gasteiger partial charge in [0.15, 0.2) is 0 Å². The molecule has 2 aromatic heterocycles. The van der Waals surface area contributed by atoms with Crippen LogP contribution < -0.4 is 0 Å². The summed E-state index contributed by atoms with van der Waals surface area (Å²) in [6.45, 7) is 2.90. The van der Waals surface area contributed by atoms with Crippen molar-refractivity contribution in [1.29, 1.82) is 0 Å². The first-order chi connectivity index (χ1) is 10.3. The van der Waals surface area contributed by atoms with Gasteiger partial charge in [-0.1, -0.05) is 18.2 Å². The Morgan fingerprint density at radius 1 is 1.10 bits per heavy atom. The molecular formula is C18H16N2O. The van der Waals surface area contributed by atoms with Gasteiger partial charge < -0.3 is 9.67 Å². The van der Waals surface area contributed by atoms with E-state index in [9.17, 15) is 5.11 Å². The summed E-state index contributed by atoms with van der Waals surface area (Å²) in [7, 11) is 0. The van der Waals surface area contributed by atoms with Gasteiger partial charge >= 0.3 is 0 Å². The Balaban J connectivity index is 2.29. The minimum Gasteiger partial charge on any atom is -0.395 e. The predicted octanol–water partition coefficient (Wildman–Crippen LogP) is 3.64. The summed E-state index contributed by atoms with van der Waals surface area (Å²) in [6.07, 6.45) is 3.75. The molecular weight excluding hydrogens is 260 g/mol. The van der Waals surface area contributed by atoms with Crippen LogP contribution in [0.15, 0.2) is 48.8 Å². The molecule has 0 atom stereocenters. The molecule has 2 aromatic carbocycles. The van der Waals surface area contributed by atoms with E-state index in [0.717, 1.165) is 5.39 Å².